The molecule has 0 saturated heterocycles. The van der Waals surface area contributed by atoms with Gasteiger partial charge in [0, 0.05) is 24.2 Å². The van der Waals surface area contributed by atoms with E-state index >= 15 is 0 Å². The van der Waals surface area contributed by atoms with Gasteiger partial charge in [0.1, 0.15) is 0 Å². The van der Waals surface area contributed by atoms with Crippen LogP contribution in [-0.2, 0) is 20.1 Å². The number of halogens is 2. The van der Waals surface area contributed by atoms with Crippen molar-refractivity contribution in [2.75, 3.05) is 0 Å². The van der Waals surface area contributed by atoms with Crippen LogP contribution >= 0.6 is 0 Å². The molecule has 0 aliphatic heterocycles. The number of pyridine rings is 1. The van der Waals surface area contributed by atoms with E-state index in [-0.39, 0.29) is 25.7 Å². The number of aromatic nitrogens is 4. The van der Waals surface area contributed by atoms with E-state index in [0.29, 0.717) is 11.5 Å². The van der Waals surface area contributed by atoms with Gasteiger partial charge in [-0.3, -0.25) is 13.9 Å². The first-order chi connectivity index (χ1) is 12.2. The summed E-state index contributed by atoms with van der Waals surface area (Å²) < 4.78 is 25.8. The number of nitrogens with zero attached hydrogens (tertiary/aromatic N) is 4. The molecule has 0 amide bonds. The summed E-state index contributed by atoms with van der Waals surface area (Å²) in [5.74, 6) is -0.656. The maximum Gasteiger partial charge on any atom is 3.00 e. The molecule has 0 N–H and O–H groups in total. The molecule has 4 rings (SSSR count). The molecule has 0 fully saturated rings. The zero-order valence-electron chi connectivity index (χ0n) is 13.2. The third kappa shape index (κ3) is 5.12. The first-order valence-electron chi connectivity index (χ1n) is 7.29. The smallest absolute Gasteiger partial charge is 0.473 e. The first kappa shape index (κ1) is 19.6. The van der Waals surface area contributed by atoms with E-state index in [1.165, 1.54) is 6.33 Å². The largest absolute Gasteiger partial charge is 3.00 e. The Hall–Kier alpha value is -2.76. The van der Waals surface area contributed by atoms with E-state index in [2.05, 4.69) is 32.3 Å². The zero-order valence-corrected chi connectivity index (χ0v) is 15.6. The minimum Gasteiger partial charge on any atom is -0.473 e. The maximum atomic E-state index is 13.2. The Morgan fingerprint density at radius 2 is 1.81 bits per heavy atom. The summed E-state index contributed by atoms with van der Waals surface area (Å²) in [7, 11) is 0. The van der Waals surface area contributed by atoms with Gasteiger partial charge in [-0.05, 0) is 11.8 Å². The predicted octanol–water partition coefficient (Wildman–Crippen LogP) is 3.73. The third-order valence-electron chi connectivity index (χ3n) is 3.11. The molecule has 0 saturated carbocycles. The van der Waals surface area contributed by atoms with Crippen LogP contribution in [-0.4, -0.2) is 15.1 Å². The predicted molar refractivity (Wildman–Crippen MR) is 88.0 cm³/mol. The molecule has 7 heteroatoms. The average Bonchev–Trinajstić information content (AvgIpc) is 3.19. The van der Waals surface area contributed by atoms with Gasteiger partial charge in [0.2, 0.25) is 0 Å². The minimum absolute atomic E-state index is 0. The molecule has 0 aliphatic rings. The molecule has 0 bridgehead atoms. The van der Waals surface area contributed by atoms with Gasteiger partial charge in [0.25, 0.3) is 0 Å². The normalized spacial score (nSPS) is 9.62. The molecular weight excluding hydrogens is 514 g/mol. The molecule has 2 aromatic carbocycles. The summed E-state index contributed by atoms with van der Waals surface area (Å²) in [6.07, 6.45) is 2.97. The van der Waals surface area contributed by atoms with E-state index in [9.17, 15) is 8.78 Å². The monoisotopic (exact) mass is 526 g/mol. The number of hydrogen-bond acceptors (Lipinski definition) is 3. The van der Waals surface area contributed by atoms with E-state index in [1.54, 1.807) is 24.4 Å². The van der Waals surface area contributed by atoms with Gasteiger partial charge in [-0.25, -0.2) is 0 Å². The maximum absolute atomic E-state index is 13.2. The minimum atomic E-state index is -0.649. The standard InChI is InChI=1S/C11H6F2N.C8H5N3.Ir/c12-8-4-5-9(10(13)7-8)11-3-1-2-6-14-11;1-2-4-7(5-3-1)8-9-6-10-11-8;/h1-4,6-7H;1-4,6H;/q-1;-2;+3. The van der Waals surface area contributed by atoms with Gasteiger partial charge >= 0.3 is 20.1 Å². The van der Waals surface area contributed by atoms with Crippen LogP contribution in [0.2, 0.25) is 0 Å². The number of hydrogen-bond donors (Lipinski definition) is 0. The molecule has 0 unspecified atom stereocenters. The molecule has 0 atom stereocenters. The van der Waals surface area contributed by atoms with Crippen LogP contribution in [0.1, 0.15) is 0 Å². The molecule has 0 radical (unpaired) electrons. The van der Waals surface area contributed by atoms with Crippen LogP contribution in [0, 0.1) is 23.8 Å². The van der Waals surface area contributed by atoms with Crippen molar-refractivity contribution in [3.8, 4) is 22.6 Å². The Balaban J connectivity index is 0.000000184. The van der Waals surface area contributed by atoms with Crippen molar-refractivity contribution in [2.24, 2.45) is 0 Å². The van der Waals surface area contributed by atoms with E-state index in [1.807, 2.05) is 24.3 Å². The molecule has 26 heavy (non-hydrogen) atoms. The average molecular weight is 526 g/mol. The summed E-state index contributed by atoms with van der Waals surface area (Å²) >= 11 is 0. The quantitative estimate of drug-likeness (QED) is 0.375. The van der Waals surface area contributed by atoms with Gasteiger partial charge in [-0.15, -0.1) is 48.3 Å². The molecule has 0 spiro atoms. The van der Waals surface area contributed by atoms with Crippen molar-refractivity contribution in [1.82, 2.24) is 20.2 Å². The van der Waals surface area contributed by atoms with Crippen molar-refractivity contribution in [3.63, 3.8) is 0 Å². The number of rotatable bonds is 2. The van der Waals surface area contributed by atoms with Gasteiger partial charge in [0.05, 0.1) is 0 Å². The van der Waals surface area contributed by atoms with Gasteiger partial charge in [0.15, 0.2) is 0 Å². The fourth-order valence-corrected chi connectivity index (χ4v) is 1.99. The summed E-state index contributed by atoms with van der Waals surface area (Å²) in [6.45, 7) is 0. The first-order valence-corrected chi connectivity index (χ1v) is 7.29. The Morgan fingerprint density at radius 1 is 0.962 bits per heavy atom. The van der Waals surface area contributed by atoms with Crippen LogP contribution in [0.5, 0.6) is 0 Å². The Morgan fingerprint density at radius 3 is 2.42 bits per heavy atom. The van der Waals surface area contributed by atoms with Crippen LogP contribution in [0.25, 0.3) is 22.6 Å². The second kappa shape index (κ2) is 9.65. The fourth-order valence-electron chi connectivity index (χ4n) is 1.99. The molecular formula is C19H11F2IrN4. The molecule has 0 aliphatic carbocycles. The summed E-state index contributed by atoms with van der Waals surface area (Å²) in [4.78, 5) is 7.88. The van der Waals surface area contributed by atoms with Crippen molar-refractivity contribution in [2.45, 2.75) is 0 Å². The van der Waals surface area contributed by atoms with E-state index in [4.69, 9.17) is 0 Å². The van der Waals surface area contributed by atoms with Crippen LogP contribution in [0.4, 0.5) is 8.78 Å². The second-order valence-electron chi connectivity index (χ2n) is 4.82. The second-order valence-corrected chi connectivity index (χ2v) is 4.82. The Kier molecular flexibility index (Phi) is 7.26. The fraction of sp³-hybridized carbons (Fsp3) is 0. The number of benzene rings is 2. The summed E-state index contributed by atoms with van der Waals surface area (Å²) in [5, 5.41) is 7.41. The van der Waals surface area contributed by atoms with Crippen LogP contribution in [0.3, 0.4) is 0 Å². The van der Waals surface area contributed by atoms with Gasteiger partial charge in [-0.2, -0.15) is 5.56 Å². The molecule has 4 aromatic rings. The topological polar surface area (TPSA) is 52.8 Å². The van der Waals surface area contributed by atoms with Crippen LogP contribution < -0.4 is 5.10 Å². The third-order valence-corrected chi connectivity index (χ3v) is 3.11. The molecule has 130 valence electrons. The van der Waals surface area contributed by atoms with Crippen molar-refractivity contribution in [3.05, 3.63) is 90.9 Å². The van der Waals surface area contributed by atoms with E-state index < -0.39 is 11.6 Å². The summed E-state index contributed by atoms with van der Waals surface area (Å²) in [6, 6.07) is 20.1. The SMILES string of the molecule is Fc1c[c-]c(-c2ccccn2)c(F)c1.[Ir+3].[c-]1ccccc1-c1ncn[n-]1. The summed E-state index contributed by atoms with van der Waals surface area (Å²) in [5.41, 5.74) is 1.52. The van der Waals surface area contributed by atoms with Crippen molar-refractivity contribution >= 4 is 0 Å². The van der Waals surface area contributed by atoms with Crippen molar-refractivity contribution in [1.29, 1.82) is 0 Å². The Bertz CT molecular complexity index is 917. The van der Waals surface area contributed by atoms with E-state index in [0.717, 1.165) is 17.7 Å². The zero-order chi connectivity index (χ0) is 17.5. The van der Waals surface area contributed by atoms with Crippen molar-refractivity contribution < 1.29 is 28.9 Å². The van der Waals surface area contributed by atoms with Crippen LogP contribution in [0.15, 0.2) is 67.1 Å². The van der Waals surface area contributed by atoms with Gasteiger partial charge in [-0.1, -0.05) is 23.8 Å². The molecule has 2 aromatic heterocycles. The molecule has 2 heterocycles. The molecule has 4 nitrogen and oxygen atoms in total. The Labute approximate surface area is 162 Å². The van der Waals surface area contributed by atoms with Gasteiger partial charge < -0.3 is 15.1 Å².